The molecule has 0 aliphatic carbocycles. The van der Waals surface area contributed by atoms with E-state index >= 15 is 0 Å². The summed E-state index contributed by atoms with van der Waals surface area (Å²) in [5, 5.41) is 32.9. The molecule has 0 spiro atoms. The van der Waals surface area contributed by atoms with E-state index in [4.69, 9.17) is 33.0 Å². The summed E-state index contributed by atoms with van der Waals surface area (Å²) in [6.07, 6.45) is -3.80. The molecule has 4 atom stereocenters. The number of anilines is 2. The van der Waals surface area contributed by atoms with Crippen LogP contribution in [0.3, 0.4) is 0 Å². The van der Waals surface area contributed by atoms with Gasteiger partial charge in [-0.3, -0.25) is 0 Å². The maximum atomic E-state index is 10.1. The predicted octanol–water partition coefficient (Wildman–Crippen LogP) is 0.622. The van der Waals surface area contributed by atoms with Gasteiger partial charge in [-0.25, -0.2) is 0 Å². The summed E-state index contributed by atoms with van der Waals surface area (Å²) >= 11 is 12.0. The molecule has 2 heterocycles. The van der Waals surface area contributed by atoms with Crippen LogP contribution in [0.5, 0.6) is 0 Å². The molecule has 2 aliphatic heterocycles. The average Bonchev–Trinajstić information content (AvgIpc) is 2.94. The lowest BCUT2D eigenvalue weighted by atomic mass is 10.1. The van der Waals surface area contributed by atoms with Crippen molar-refractivity contribution in [2.75, 3.05) is 23.5 Å². The van der Waals surface area contributed by atoms with Crippen molar-refractivity contribution >= 4 is 34.6 Å². The van der Waals surface area contributed by atoms with Crippen LogP contribution in [0.2, 0.25) is 10.0 Å². The highest BCUT2D eigenvalue weighted by Gasteiger charge is 2.46. The van der Waals surface area contributed by atoms with E-state index in [1.807, 2.05) is 0 Å². The van der Waals surface area contributed by atoms with Crippen molar-refractivity contribution in [1.82, 2.24) is 0 Å². The third kappa shape index (κ3) is 2.13. The van der Waals surface area contributed by atoms with Gasteiger partial charge in [0.1, 0.15) is 18.3 Å². The summed E-state index contributed by atoms with van der Waals surface area (Å²) in [6.45, 7) is 0.0306. The lowest BCUT2D eigenvalue weighted by molar-refractivity contribution is -0.0218. The molecule has 0 radical (unpaired) electrons. The van der Waals surface area contributed by atoms with Crippen molar-refractivity contribution < 1.29 is 20.1 Å². The molecule has 8 heteroatoms. The summed E-state index contributed by atoms with van der Waals surface area (Å²) in [7, 11) is 0. The van der Waals surface area contributed by atoms with Crippen LogP contribution in [-0.2, 0) is 4.74 Å². The molecular weight excluding hydrogens is 307 g/mol. The van der Waals surface area contributed by atoms with Crippen LogP contribution in [-0.4, -0.2) is 53.1 Å². The molecule has 6 nitrogen and oxygen atoms in total. The number of hydrogen-bond acceptors (Lipinski definition) is 6. The molecule has 1 aromatic carbocycles. The van der Waals surface area contributed by atoms with Crippen LogP contribution < -0.4 is 10.2 Å². The smallest absolute Gasteiger partial charge is 0.161 e. The summed E-state index contributed by atoms with van der Waals surface area (Å²) in [6, 6.07) is 3.37. The van der Waals surface area contributed by atoms with Gasteiger partial charge in [0.2, 0.25) is 0 Å². The van der Waals surface area contributed by atoms with Gasteiger partial charge in [-0.2, -0.15) is 0 Å². The summed E-state index contributed by atoms with van der Waals surface area (Å²) in [5.41, 5.74) is 1.51. The molecule has 0 saturated carbocycles. The first-order valence-electron chi connectivity index (χ1n) is 6.15. The fraction of sp³-hybridized carbons (Fsp3) is 0.500. The summed E-state index contributed by atoms with van der Waals surface area (Å²) in [4.78, 5) is 1.74. The van der Waals surface area contributed by atoms with Crippen molar-refractivity contribution in [3.05, 3.63) is 22.2 Å². The van der Waals surface area contributed by atoms with Crippen molar-refractivity contribution in [3.8, 4) is 0 Å². The van der Waals surface area contributed by atoms with E-state index in [0.717, 1.165) is 11.4 Å². The topological polar surface area (TPSA) is 85.2 Å². The Balaban J connectivity index is 1.90. The highest BCUT2D eigenvalue weighted by Crippen LogP contribution is 2.41. The van der Waals surface area contributed by atoms with Crippen LogP contribution >= 0.6 is 23.2 Å². The van der Waals surface area contributed by atoms with Crippen LogP contribution in [0.25, 0.3) is 0 Å². The third-order valence-corrected chi connectivity index (χ3v) is 4.33. The monoisotopic (exact) mass is 320 g/mol. The standard InChI is InChI=1S/C12H14Cl2N2O4/c13-5-1-7-8(2-6(5)14)16(4-15-7)12-11(19)10(18)9(3-17)20-12/h1-2,9-12,15,17-19H,3-4H2/t9-,10-,11+,12-/m1/s1. The maximum absolute atomic E-state index is 10.1. The highest BCUT2D eigenvalue weighted by molar-refractivity contribution is 6.42. The lowest BCUT2D eigenvalue weighted by Crippen LogP contribution is -2.44. The van der Waals surface area contributed by atoms with E-state index in [2.05, 4.69) is 5.32 Å². The SMILES string of the molecule is OC[C@H]1O[C@@H](N2CNc3cc(Cl)c(Cl)cc32)[C@@H](O)[C@@H]1O. The van der Waals surface area contributed by atoms with E-state index in [0.29, 0.717) is 16.7 Å². The van der Waals surface area contributed by atoms with Crippen LogP contribution in [0.1, 0.15) is 0 Å². The zero-order chi connectivity index (χ0) is 14.4. The summed E-state index contributed by atoms with van der Waals surface area (Å²) in [5.74, 6) is 0. The molecule has 1 aromatic rings. The molecule has 1 saturated heterocycles. The molecule has 0 bridgehead atoms. The first kappa shape index (κ1) is 14.2. The summed E-state index contributed by atoms with van der Waals surface area (Å²) < 4.78 is 5.51. The second-order valence-corrected chi connectivity index (χ2v) is 5.63. The van der Waals surface area contributed by atoms with Gasteiger partial charge in [-0.1, -0.05) is 23.2 Å². The minimum Gasteiger partial charge on any atom is -0.394 e. The Hall–Kier alpha value is -0.760. The van der Waals surface area contributed by atoms with Gasteiger partial charge in [-0.05, 0) is 12.1 Å². The number of hydrogen-bond donors (Lipinski definition) is 4. The van der Waals surface area contributed by atoms with E-state index in [9.17, 15) is 10.2 Å². The quantitative estimate of drug-likeness (QED) is 0.639. The van der Waals surface area contributed by atoms with Gasteiger partial charge in [0, 0.05) is 0 Å². The van der Waals surface area contributed by atoms with E-state index in [-0.39, 0.29) is 6.61 Å². The highest BCUT2D eigenvalue weighted by atomic mass is 35.5. The molecule has 2 aliphatic rings. The number of nitrogens with one attached hydrogen (secondary N) is 1. The first-order valence-corrected chi connectivity index (χ1v) is 6.90. The lowest BCUT2D eigenvalue weighted by Gasteiger charge is -2.27. The number of benzene rings is 1. The third-order valence-electron chi connectivity index (χ3n) is 3.61. The Kier molecular flexibility index (Phi) is 3.70. The number of aliphatic hydroxyl groups is 3. The van der Waals surface area contributed by atoms with Crippen LogP contribution in [0.15, 0.2) is 12.1 Å². The molecule has 110 valence electrons. The van der Waals surface area contributed by atoms with Gasteiger partial charge in [0.25, 0.3) is 0 Å². The molecule has 0 unspecified atom stereocenters. The molecule has 1 fully saturated rings. The number of rotatable bonds is 2. The predicted molar refractivity (Wildman–Crippen MR) is 75.2 cm³/mol. The number of aliphatic hydroxyl groups excluding tert-OH is 3. The Morgan fingerprint density at radius 1 is 1.25 bits per heavy atom. The number of nitrogens with zero attached hydrogens (tertiary/aromatic N) is 1. The average molecular weight is 321 g/mol. The van der Waals surface area contributed by atoms with Crippen molar-refractivity contribution in [2.24, 2.45) is 0 Å². The van der Waals surface area contributed by atoms with Gasteiger partial charge < -0.3 is 30.3 Å². The van der Waals surface area contributed by atoms with Gasteiger partial charge in [0.15, 0.2) is 6.23 Å². The minimum atomic E-state index is -1.13. The van der Waals surface area contributed by atoms with E-state index in [1.54, 1.807) is 17.0 Å². The first-order chi connectivity index (χ1) is 9.52. The largest absolute Gasteiger partial charge is 0.394 e. The van der Waals surface area contributed by atoms with Gasteiger partial charge in [-0.15, -0.1) is 0 Å². The van der Waals surface area contributed by atoms with Gasteiger partial charge in [0.05, 0.1) is 34.7 Å². The Morgan fingerprint density at radius 2 is 1.95 bits per heavy atom. The normalized spacial score (nSPS) is 32.4. The van der Waals surface area contributed by atoms with Crippen LogP contribution in [0.4, 0.5) is 11.4 Å². The van der Waals surface area contributed by atoms with Gasteiger partial charge >= 0.3 is 0 Å². The zero-order valence-corrected chi connectivity index (χ0v) is 11.8. The minimum absolute atomic E-state index is 0.357. The fourth-order valence-electron chi connectivity index (χ4n) is 2.54. The number of halogens is 2. The molecule has 20 heavy (non-hydrogen) atoms. The molecule has 0 aromatic heterocycles. The van der Waals surface area contributed by atoms with Crippen molar-refractivity contribution in [3.63, 3.8) is 0 Å². The molecule has 4 N–H and O–H groups in total. The van der Waals surface area contributed by atoms with E-state index in [1.165, 1.54) is 0 Å². The van der Waals surface area contributed by atoms with Crippen LogP contribution in [0, 0.1) is 0 Å². The molecular formula is C12H14Cl2N2O4. The second kappa shape index (κ2) is 5.22. The zero-order valence-electron chi connectivity index (χ0n) is 10.3. The molecule has 3 rings (SSSR count). The Labute approximate surface area is 125 Å². The number of fused-ring (bicyclic) bond motifs is 1. The Bertz CT molecular complexity index is 530. The molecule has 0 amide bonds. The van der Waals surface area contributed by atoms with Crippen molar-refractivity contribution in [2.45, 2.75) is 24.5 Å². The maximum Gasteiger partial charge on any atom is 0.161 e. The van der Waals surface area contributed by atoms with E-state index < -0.39 is 24.5 Å². The second-order valence-electron chi connectivity index (χ2n) is 4.82. The number of ether oxygens (including phenoxy) is 1. The van der Waals surface area contributed by atoms with Crippen molar-refractivity contribution in [1.29, 1.82) is 0 Å². The fourth-order valence-corrected chi connectivity index (χ4v) is 2.86. The Morgan fingerprint density at radius 3 is 2.60 bits per heavy atom.